The van der Waals surface area contributed by atoms with Crippen LogP contribution in [0.25, 0.3) is 11.2 Å². The van der Waals surface area contributed by atoms with Crippen molar-refractivity contribution in [2.45, 2.75) is 32.9 Å². The minimum atomic E-state index is -0.699. The topological polar surface area (TPSA) is 99.0 Å². The van der Waals surface area contributed by atoms with Crippen LogP contribution in [-0.4, -0.2) is 44.5 Å². The third-order valence-corrected chi connectivity index (χ3v) is 4.27. The van der Waals surface area contributed by atoms with Gasteiger partial charge in [-0.05, 0) is 30.5 Å². The first kappa shape index (κ1) is 19.5. The molecular weight excluding hydrogens is 358 g/mol. The summed E-state index contributed by atoms with van der Waals surface area (Å²) in [7, 11) is 1.31. The molecule has 1 N–H and O–H groups in total. The van der Waals surface area contributed by atoms with Gasteiger partial charge in [0.05, 0.1) is 31.2 Å². The lowest BCUT2D eigenvalue weighted by atomic mass is 10.0. The predicted octanol–water partition coefficient (Wildman–Crippen LogP) is 2.19. The molecule has 0 radical (unpaired) electrons. The second-order valence-corrected chi connectivity index (χ2v) is 6.94. The van der Waals surface area contributed by atoms with Crippen molar-refractivity contribution in [3.63, 3.8) is 0 Å². The van der Waals surface area contributed by atoms with Gasteiger partial charge in [-0.15, -0.1) is 0 Å². The molecule has 0 aliphatic rings. The number of ether oxygens (including phenoxy) is 1. The first-order chi connectivity index (χ1) is 13.5. The third kappa shape index (κ3) is 4.51. The summed E-state index contributed by atoms with van der Waals surface area (Å²) in [6, 6.07) is 6.67. The van der Waals surface area contributed by atoms with Gasteiger partial charge in [0.2, 0.25) is 0 Å². The van der Waals surface area contributed by atoms with E-state index in [9.17, 15) is 9.59 Å². The second-order valence-electron chi connectivity index (χ2n) is 6.94. The molecule has 28 heavy (non-hydrogen) atoms. The zero-order chi connectivity index (χ0) is 20.1. The van der Waals surface area contributed by atoms with Crippen molar-refractivity contribution in [1.29, 1.82) is 0 Å². The highest BCUT2D eigenvalue weighted by molar-refractivity contribution is 5.98. The summed E-state index contributed by atoms with van der Waals surface area (Å²) in [4.78, 5) is 37.6. The fraction of sp³-hybridized carbons (Fsp3) is 0.350. The van der Waals surface area contributed by atoms with Crippen LogP contribution in [0.15, 0.2) is 43.0 Å². The van der Waals surface area contributed by atoms with Crippen molar-refractivity contribution < 1.29 is 14.3 Å². The molecule has 8 nitrogen and oxygen atoms in total. The average Bonchev–Trinajstić information content (AvgIpc) is 3.09. The van der Waals surface area contributed by atoms with E-state index >= 15 is 0 Å². The third-order valence-electron chi connectivity index (χ3n) is 4.27. The Morgan fingerprint density at radius 1 is 1.21 bits per heavy atom. The maximum Gasteiger partial charge on any atom is 0.328 e. The van der Waals surface area contributed by atoms with E-state index in [1.807, 2.05) is 36.6 Å². The van der Waals surface area contributed by atoms with Crippen molar-refractivity contribution in [1.82, 2.24) is 24.8 Å². The summed E-state index contributed by atoms with van der Waals surface area (Å²) >= 11 is 0. The van der Waals surface area contributed by atoms with Crippen LogP contribution in [0.1, 0.15) is 36.3 Å². The van der Waals surface area contributed by atoms with Crippen LogP contribution < -0.4 is 5.32 Å². The van der Waals surface area contributed by atoms with Gasteiger partial charge in [-0.2, -0.15) is 0 Å². The smallest absolute Gasteiger partial charge is 0.328 e. The Bertz CT molecular complexity index is 968. The van der Waals surface area contributed by atoms with Gasteiger partial charge in [0.25, 0.3) is 5.91 Å². The number of imidazole rings is 1. The molecule has 146 valence electrons. The van der Waals surface area contributed by atoms with E-state index < -0.39 is 12.0 Å². The number of nitrogens with one attached hydrogen (secondary N) is 1. The average molecular weight is 381 g/mol. The molecule has 3 aromatic heterocycles. The van der Waals surface area contributed by atoms with Gasteiger partial charge in [0.1, 0.15) is 11.6 Å². The second kappa shape index (κ2) is 8.60. The zero-order valence-corrected chi connectivity index (χ0v) is 16.1. The van der Waals surface area contributed by atoms with Crippen LogP contribution in [0.3, 0.4) is 0 Å². The fourth-order valence-electron chi connectivity index (χ4n) is 2.92. The van der Waals surface area contributed by atoms with Crippen LogP contribution in [0.4, 0.5) is 0 Å². The van der Waals surface area contributed by atoms with E-state index in [4.69, 9.17) is 4.74 Å². The van der Waals surface area contributed by atoms with Gasteiger partial charge in [0, 0.05) is 12.4 Å². The highest BCUT2D eigenvalue weighted by Crippen LogP contribution is 2.14. The lowest BCUT2D eigenvalue weighted by Gasteiger charge is -2.18. The molecule has 3 aromatic rings. The van der Waals surface area contributed by atoms with E-state index in [1.165, 1.54) is 13.3 Å². The molecule has 0 fully saturated rings. The molecule has 0 unspecified atom stereocenters. The summed E-state index contributed by atoms with van der Waals surface area (Å²) in [5, 5.41) is 2.73. The predicted molar refractivity (Wildman–Crippen MR) is 104 cm³/mol. The molecule has 0 aliphatic heterocycles. The maximum absolute atomic E-state index is 12.6. The SMILES string of the molecule is COC(=O)[C@H](CC(C)C)NC(=O)c1cnc2c(c1)ncn2Cc1ccccn1. The Balaban J connectivity index is 1.78. The Hall–Kier alpha value is -3.29. The van der Waals surface area contributed by atoms with Crippen LogP contribution in [-0.2, 0) is 16.1 Å². The Kier molecular flexibility index (Phi) is 5.98. The number of hydrogen-bond acceptors (Lipinski definition) is 6. The quantitative estimate of drug-likeness (QED) is 0.630. The standard InChI is InChI=1S/C20H23N5O3/c1-13(2)8-17(20(27)28-3)24-19(26)14-9-16-18(22-10-14)25(12-23-16)11-15-6-4-5-7-21-15/h4-7,9-10,12-13,17H,8,11H2,1-3H3,(H,24,26)/t17-/m0/s1. The molecule has 3 rings (SSSR count). The molecule has 3 heterocycles. The molecule has 8 heteroatoms. The van der Waals surface area contributed by atoms with Gasteiger partial charge < -0.3 is 14.6 Å². The highest BCUT2D eigenvalue weighted by atomic mass is 16.5. The number of pyridine rings is 2. The number of rotatable bonds is 7. The molecule has 0 saturated carbocycles. The van der Waals surface area contributed by atoms with E-state index in [0.717, 1.165) is 5.69 Å². The van der Waals surface area contributed by atoms with E-state index in [0.29, 0.717) is 29.7 Å². The molecule has 0 aliphatic carbocycles. The number of carbonyl (C=O) groups excluding carboxylic acids is 2. The van der Waals surface area contributed by atoms with Crippen molar-refractivity contribution in [2.75, 3.05) is 7.11 Å². The van der Waals surface area contributed by atoms with Gasteiger partial charge in [-0.1, -0.05) is 19.9 Å². The lowest BCUT2D eigenvalue weighted by molar-refractivity contribution is -0.143. The fourth-order valence-corrected chi connectivity index (χ4v) is 2.92. The van der Waals surface area contributed by atoms with Gasteiger partial charge >= 0.3 is 5.97 Å². The number of carbonyl (C=O) groups is 2. The lowest BCUT2D eigenvalue weighted by Crippen LogP contribution is -2.42. The number of nitrogens with zero attached hydrogens (tertiary/aromatic N) is 4. The molecule has 1 atom stereocenters. The first-order valence-corrected chi connectivity index (χ1v) is 9.07. The van der Waals surface area contributed by atoms with Crippen molar-refractivity contribution >= 4 is 23.0 Å². The monoisotopic (exact) mass is 381 g/mol. The number of hydrogen-bond donors (Lipinski definition) is 1. The molecule has 0 saturated heterocycles. The summed E-state index contributed by atoms with van der Waals surface area (Å²) in [6.45, 7) is 4.49. The van der Waals surface area contributed by atoms with Crippen molar-refractivity contribution in [2.24, 2.45) is 5.92 Å². The van der Waals surface area contributed by atoms with E-state index in [2.05, 4.69) is 20.3 Å². The van der Waals surface area contributed by atoms with Gasteiger partial charge in [-0.3, -0.25) is 9.78 Å². The van der Waals surface area contributed by atoms with Gasteiger partial charge in [-0.25, -0.2) is 14.8 Å². The Labute approximate surface area is 163 Å². The number of fused-ring (bicyclic) bond motifs is 1. The summed E-state index contributed by atoms with van der Waals surface area (Å²) in [5.41, 5.74) is 2.49. The number of esters is 1. The molecule has 0 aromatic carbocycles. The molecule has 0 spiro atoms. The Morgan fingerprint density at radius 2 is 2.04 bits per heavy atom. The van der Waals surface area contributed by atoms with Crippen LogP contribution in [0.5, 0.6) is 0 Å². The largest absolute Gasteiger partial charge is 0.467 e. The van der Waals surface area contributed by atoms with E-state index in [1.54, 1.807) is 18.6 Å². The minimum absolute atomic E-state index is 0.229. The number of aromatic nitrogens is 4. The van der Waals surface area contributed by atoms with Crippen LogP contribution >= 0.6 is 0 Å². The summed E-state index contributed by atoms with van der Waals surface area (Å²) in [5.74, 6) is -0.618. The van der Waals surface area contributed by atoms with Crippen LogP contribution in [0.2, 0.25) is 0 Å². The number of amides is 1. The van der Waals surface area contributed by atoms with E-state index in [-0.39, 0.29) is 11.8 Å². The number of methoxy groups -OCH3 is 1. The van der Waals surface area contributed by atoms with Gasteiger partial charge in [0.15, 0.2) is 5.65 Å². The summed E-state index contributed by atoms with van der Waals surface area (Å²) in [6.07, 6.45) is 5.38. The van der Waals surface area contributed by atoms with Crippen molar-refractivity contribution in [3.05, 3.63) is 54.2 Å². The Morgan fingerprint density at radius 3 is 2.71 bits per heavy atom. The minimum Gasteiger partial charge on any atom is -0.467 e. The normalized spacial score (nSPS) is 12.1. The maximum atomic E-state index is 12.6. The molecule has 0 bridgehead atoms. The van der Waals surface area contributed by atoms with Crippen molar-refractivity contribution in [3.8, 4) is 0 Å². The summed E-state index contributed by atoms with van der Waals surface area (Å²) < 4.78 is 6.66. The zero-order valence-electron chi connectivity index (χ0n) is 16.1. The highest BCUT2D eigenvalue weighted by Gasteiger charge is 2.23. The first-order valence-electron chi connectivity index (χ1n) is 9.07. The molecular formula is C20H23N5O3. The molecule has 1 amide bonds. The van der Waals surface area contributed by atoms with Crippen LogP contribution in [0, 0.1) is 5.92 Å².